The van der Waals surface area contributed by atoms with Crippen LogP contribution in [0.2, 0.25) is 0 Å². The number of carbonyl (C=O) groups is 2. The zero-order chi connectivity index (χ0) is 20.5. The molecule has 0 bridgehead atoms. The molecule has 0 aromatic carbocycles. The summed E-state index contributed by atoms with van der Waals surface area (Å²) in [6.45, 7) is 14.8. The number of epoxide rings is 1. The minimum atomic E-state index is -0.338. The predicted octanol–water partition coefficient (Wildman–Crippen LogP) is 6.13. The average molecular weight is 379 g/mol. The number of ether oxygens (including phenoxy) is 1. The topological polar surface area (TPSA) is 46.7 Å². The highest BCUT2D eigenvalue weighted by Gasteiger charge is 2.41. The maximum atomic E-state index is 13.3. The fourth-order valence-electron chi connectivity index (χ4n) is 5.07. The van der Waals surface area contributed by atoms with Crippen LogP contribution in [0.4, 0.5) is 0 Å². The third-order valence-electron chi connectivity index (χ3n) is 6.37. The van der Waals surface area contributed by atoms with Crippen molar-refractivity contribution in [1.82, 2.24) is 0 Å². The highest BCUT2D eigenvalue weighted by molar-refractivity contribution is 5.88. The number of fused-ring (bicyclic) bond motifs is 1. The van der Waals surface area contributed by atoms with E-state index < -0.39 is 0 Å². The van der Waals surface area contributed by atoms with E-state index in [-0.39, 0.29) is 22.2 Å². The van der Waals surface area contributed by atoms with E-state index in [4.69, 9.17) is 4.74 Å². The van der Waals surface area contributed by atoms with Crippen molar-refractivity contribution in [2.75, 3.05) is 0 Å². The Balaban J connectivity index is 2.16. The first kappa shape index (κ1) is 22.6. The van der Waals surface area contributed by atoms with Gasteiger partial charge in [0.25, 0.3) is 0 Å². The summed E-state index contributed by atoms with van der Waals surface area (Å²) in [7, 11) is 0. The Morgan fingerprint density at radius 3 is 2.15 bits per heavy atom. The molecule has 0 aromatic heterocycles. The average Bonchev–Trinajstić information content (AvgIpc) is 3.24. The Morgan fingerprint density at radius 1 is 1.00 bits per heavy atom. The zero-order valence-electron chi connectivity index (χ0n) is 18.8. The van der Waals surface area contributed by atoms with Gasteiger partial charge in [0.2, 0.25) is 0 Å². The SMILES string of the molecule is CC(C)(C)CC1(C)CCCC2OC2CCCC(C(=O)C(C)(C)C)CCC1=O. The van der Waals surface area contributed by atoms with Gasteiger partial charge in [0.05, 0.1) is 12.2 Å². The summed E-state index contributed by atoms with van der Waals surface area (Å²) in [6.07, 6.45) is 8.99. The van der Waals surface area contributed by atoms with Crippen LogP contribution in [0.25, 0.3) is 0 Å². The van der Waals surface area contributed by atoms with E-state index in [1.165, 1.54) is 0 Å². The van der Waals surface area contributed by atoms with E-state index in [1.54, 1.807) is 0 Å². The number of hydrogen-bond donors (Lipinski definition) is 0. The molecule has 2 aliphatic rings. The van der Waals surface area contributed by atoms with Gasteiger partial charge in [-0.3, -0.25) is 9.59 Å². The summed E-state index contributed by atoms with van der Waals surface area (Å²) in [5.74, 6) is 0.679. The van der Waals surface area contributed by atoms with Gasteiger partial charge in [-0.25, -0.2) is 0 Å². The Bertz CT molecular complexity index is 537. The second kappa shape index (κ2) is 8.35. The monoisotopic (exact) mass is 378 g/mol. The van der Waals surface area contributed by atoms with Crippen molar-refractivity contribution in [2.45, 2.75) is 118 Å². The fourth-order valence-corrected chi connectivity index (χ4v) is 5.07. The Morgan fingerprint density at radius 2 is 1.59 bits per heavy atom. The van der Waals surface area contributed by atoms with Crippen molar-refractivity contribution in [2.24, 2.45) is 22.2 Å². The van der Waals surface area contributed by atoms with Gasteiger partial charge in [-0.05, 0) is 50.4 Å². The molecular formula is C24H42O3. The second-order valence-corrected chi connectivity index (χ2v) is 11.6. The van der Waals surface area contributed by atoms with Gasteiger partial charge in [0, 0.05) is 23.2 Å². The van der Waals surface area contributed by atoms with Crippen molar-refractivity contribution in [3.8, 4) is 0 Å². The molecule has 0 spiro atoms. The van der Waals surface area contributed by atoms with Crippen LogP contribution in [-0.2, 0) is 14.3 Å². The van der Waals surface area contributed by atoms with Crippen molar-refractivity contribution >= 4 is 11.6 Å². The molecule has 4 atom stereocenters. The molecule has 1 aliphatic heterocycles. The highest BCUT2D eigenvalue weighted by Crippen LogP contribution is 2.42. The van der Waals surface area contributed by atoms with E-state index >= 15 is 0 Å². The molecule has 3 heteroatoms. The lowest BCUT2D eigenvalue weighted by molar-refractivity contribution is -0.133. The Hall–Kier alpha value is -0.700. The third-order valence-corrected chi connectivity index (χ3v) is 6.37. The minimum absolute atomic E-state index is 0.00536. The molecule has 0 radical (unpaired) electrons. The van der Waals surface area contributed by atoms with Gasteiger partial charge >= 0.3 is 0 Å². The molecule has 4 unspecified atom stereocenters. The predicted molar refractivity (Wildman–Crippen MR) is 111 cm³/mol. The van der Waals surface area contributed by atoms with E-state index in [9.17, 15) is 9.59 Å². The van der Waals surface area contributed by atoms with Gasteiger partial charge in [0.1, 0.15) is 11.6 Å². The minimum Gasteiger partial charge on any atom is -0.370 e. The molecule has 2 rings (SSSR count). The lowest BCUT2D eigenvalue weighted by Crippen LogP contribution is -2.34. The van der Waals surface area contributed by atoms with E-state index in [0.29, 0.717) is 36.6 Å². The summed E-state index contributed by atoms with van der Waals surface area (Å²) in [5.41, 5.74) is -0.501. The number of hydrogen-bond acceptors (Lipinski definition) is 3. The molecule has 1 saturated carbocycles. The molecular weight excluding hydrogens is 336 g/mol. The van der Waals surface area contributed by atoms with Gasteiger partial charge < -0.3 is 4.74 Å². The van der Waals surface area contributed by atoms with Crippen molar-refractivity contribution < 1.29 is 14.3 Å². The van der Waals surface area contributed by atoms with Crippen molar-refractivity contribution in [1.29, 1.82) is 0 Å². The first-order chi connectivity index (χ1) is 12.3. The van der Waals surface area contributed by atoms with Crippen molar-refractivity contribution in [3.05, 3.63) is 0 Å². The lowest BCUT2D eigenvalue weighted by Gasteiger charge is -2.35. The highest BCUT2D eigenvalue weighted by atomic mass is 16.6. The quantitative estimate of drug-likeness (QED) is 0.543. The smallest absolute Gasteiger partial charge is 0.141 e. The second-order valence-electron chi connectivity index (χ2n) is 11.6. The summed E-state index contributed by atoms with van der Waals surface area (Å²) in [4.78, 5) is 26.2. The molecule has 3 nitrogen and oxygen atoms in total. The molecule has 0 aromatic rings. The maximum Gasteiger partial charge on any atom is 0.141 e. The first-order valence-electron chi connectivity index (χ1n) is 11.0. The summed E-state index contributed by atoms with van der Waals surface area (Å²) in [6, 6.07) is 0. The number of carbonyl (C=O) groups excluding carboxylic acids is 2. The van der Waals surface area contributed by atoms with Crippen LogP contribution >= 0.6 is 0 Å². The summed E-state index contributed by atoms with van der Waals surface area (Å²) < 4.78 is 5.85. The normalized spacial score (nSPS) is 34.0. The number of ketones is 2. The molecule has 0 N–H and O–H groups in total. The fraction of sp³-hybridized carbons (Fsp3) is 0.917. The van der Waals surface area contributed by atoms with Crippen LogP contribution in [-0.4, -0.2) is 23.8 Å². The molecule has 1 aliphatic carbocycles. The van der Waals surface area contributed by atoms with Crippen LogP contribution in [0.15, 0.2) is 0 Å². The molecule has 0 amide bonds. The Kier molecular flexibility index (Phi) is 6.98. The number of rotatable bonds is 2. The molecule has 156 valence electrons. The van der Waals surface area contributed by atoms with E-state index in [1.807, 2.05) is 20.8 Å². The zero-order valence-corrected chi connectivity index (χ0v) is 18.8. The summed E-state index contributed by atoms with van der Waals surface area (Å²) in [5, 5.41) is 0. The van der Waals surface area contributed by atoms with Crippen LogP contribution in [0, 0.1) is 22.2 Å². The maximum absolute atomic E-state index is 13.3. The van der Waals surface area contributed by atoms with E-state index in [2.05, 4.69) is 27.7 Å². The molecule has 27 heavy (non-hydrogen) atoms. The van der Waals surface area contributed by atoms with Crippen LogP contribution < -0.4 is 0 Å². The molecule has 2 fully saturated rings. The van der Waals surface area contributed by atoms with Crippen molar-refractivity contribution in [3.63, 3.8) is 0 Å². The van der Waals surface area contributed by atoms with Gasteiger partial charge in [-0.2, -0.15) is 0 Å². The van der Waals surface area contributed by atoms with E-state index in [0.717, 1.165) is 44.9 Å². The Labute approximate surface area is 167 Å². The third kappa shape index (κ3) is 6.69. The molecule has 1 heterocycles. The van der Waals surface area contributed by atoms with Gasteiger partial charge in [-0.1, -0.05) is 54.9 Å². The summed E-state index contributed by atoms with van der Waals surface area (Å²) >= 11 is 0. The van der Waals surface area contributed by atoms with Crippen LogP contribution in [0.3, 0.4) is 0 Å². The number of Topliss-reactive ketones (excluding diaryl/α,β-unsaturated/α-hetero) is 2. The van der Waals surface area contributed by atoms with Crippen LogP contribution in [0.1, 0.15) is 106 Å². The largest absolute Gasteiger partial charge is 0.370 e. The lowest BCUT2D eigenvalue weighted by atomic mass is 9.68. The first-order valence-corrected chi connectivity index (χ1v) is 11.0. The standard InChI is InChI=1S/C24H42O3/c1-22(2,3)16-24(7)15-9-12-19-18(27-19)11-8-10-17(13-14-20(24)25)21(26)23(4,5)6/h17-19H,8-16H2,1-7H3. The van der Waals surface area contributed by atoms with Gasteiger partial charge in [0.15, 0.2) is 0 Å². The van der Waals surface area contributed by atoms with Crippen LogP contribution in [0.5, 0.6) is 0 Å². The van der Waals surface area contributed by atoms with Gasteiger partial charge in [-0.15, -0.1) is 0 Å². The molecule has 1 saturated heterocycles.